The van der Waals surface area contributed by atoms with Crippen molar-refractivity contribution in [3.05, 3.63) is 23.9 Å². The maximum atomic E-state index is 13.4. The van der Waals surface area contributed by atoms with Gasteiger partial charge in [0.05, 0.1) is 19.2 Å². The van der Waals surface area contributed by atoms with Gasteiger partial charge in [-0.2, -0.15) is 4.98 Å². The van der Waals surface area contributed by atoms with Crippen LogP contribution < -0.4 is 4.90 Å². The number of alkyl halides is 1. The van der Waals surface area contributed by atoms with Crippen molar-refractivity contribution in [3.8, 4) is 0 Å². The third-order valence-electron chi connectivity index (χ3n) is 3.39. The Bertz CT molecular complexity index is 642. The van der Waals surface area contributed by atoms with Crippen molar-refractivity contribution in [2.45, 2.75) is 19.0 Å². The molecule has 0 radical (unpaired) electrons. The molecule has 1 saturated heterocycles. The molecule has 0 aromatic carbocycles. The molecule has 3 heterocycles. The second-order valence-corrected chi connectivity index (χ2v) is 4.81. The van der Waals surface area contributed by atoms with Crippen LogP contribution >= 0.6 is 0 Å². The van der Waals surface area contributed by atoms with E-state index in [1.54, 1.807) is 18.3 Å². The molecule has 1 aliphatic rings. The molecule has 7 heteroatoms. The Kier molecular flexibility index (Phi) is 3.25. The minimum Gasteiger partial charge on any atom is -0.465 e. The number of hydrogen-bond acceptors (Lipinski definition) is 5. The zero-order valence-electron chi connectivity index (χ0n) is 11.1. The lowest BCUT2D eigenvalue weighted by Gasteiger charge is -2.27. The predicted octanol–water partition coefficient (Wildman–Crippen LogP) is 1.45. The van der Waals surface area contributed by atoms with Gasteiger partial charge in [-0.3, -0.25) is 0 Å². The highest BCUT2D eigenvalue weighted by atomic mass is 19.1. The molecule has 1 aliphatic heterocycles. The third kappa shape index (κ3) is 2.31. The van der Waals surface area contributed by atoms with Gasteiger partial charge < -0.3 is 9.64 Å². The van der Waals surface area contributed by atoms with E-state index in [1.807, 2.05) is 4.90 Å². The standard InChI is InChI=1S/C13H15FN4O2/c1-20-12(19)9-4-5-11-15-13(16-18(11)7-9)17-6-2-3-10(14)8-17/h4-5,7,10H,2-3,6,8H2,1H3. The van der Waals surface area contributed by atoms with Crippen molar-refractivity contribution in [3.63, 3.8) is 0 Å². The Labute approximate surface area is 115 Å². The molecule has 1 unspecified atom stereocenters. The van der Waals surface area contributed by atoms with Gasteiger partial charge in [0.1, 0.15) is 6.17 Å². The zero-order valence-corrected chi connectivity index (χ0v) is 11.1. The van der Waals surface area contributed by atoms with Gasteiger partial charge in [0.15, 0.2) is 5.65 Å². The maximum absolute atomic E-state index is 13.4. The Morgan fingerprint density at radius 1 is 1.50 bits per heavy atom. The van der Waals surface area contributed by atoms with Crippen molar-refractivity contribution >= 4 is 17.6 Å². The van der Waals surface area contributed by atoms with Gasteiger partial charge in [-0.25, -0.2) is 13.7 Å². The Morgan fingerprint density at radius 2 is 2.35 bits per heavy atom. The van der Waals surface area contributed by atoms with E-state index in [2.05, 4.69) is 14.8 Å². The number of anilines is 1. The first-order valence-corrected chi connectivity index (χ1v) is 6.51. The Hall–Kier alpha value is -2.18. The van der Waals surface area contributed by atoms with Gasteiger partial charge in [-0.15, -0.1) is 5.10 Å². The van der Waals surface area contributed by atoms with Crippen LogP contribution in [0.25, 0.3) is 5.65 Å². The fourth-order valence-corrected chi connectivity index (χ4v) is 2.35. The highest BCUT2D eigenvalue weighted by Crippen LogP contribution is 2.19. The van der Waals surface area contributed by atoms with Crippen molar-refractivity contribution in [2.24, 2.45) is 0 Å². The first-order chi connectivity index (χ1) is 9.67. The largest absolute Gasteiger partial charge is 0.465 e. The summed E-state index contributed by atoms with van der Waals surface area (Å²) in [6, 6.07) is 3.33. The smallest absolute Gasteiger partial charge is 0.339 e. The highest BCUT2D eigenvalue weighted by molar-refractivity contribution is 5.89. The zero-order chi connectivity index (χ0) is 14.1. The average molecular weight is 278 g/mol. The summed E-state index contributed by atoms with van der Waals surface area (Å²) >= 11 is 0. The van der Waals surface area contributed by atoms with Crippen LogP contribution in [-0.2, 0) is 4.74 Å². The summed E-state index contributed by atoms with van der Waals surface area (Å²) in [4.78, 5) is 17.7. The monoisotopic (exact) mass is 278 g/mol. The number of aromatic nitrogens is 3. The Morgan fingerprint density at radius 3 is 3.10 bits per heavy atom. The SMILES string of the molecule is COC(=O)c1ccc2nc(N3CCCC(F)C3)nn2c1. The molecule has 20 heavy (non-hydrogen) atoms. The summed E-state index contributed by atoms with van der Waals surface area (Å²) in [5.74, 6) is 0.0695. The lowest BCUT2D eigenvalue weighted by Crippen LogP contribution is -2.37. The number of pyridine rings is 1. The second-order valence-electron chi connectivity index (χ2n) is 4.81. The number of methoxy groups -OCH3 is 1. The number of ether oxygens (including phenoxy) is 1. The van der Waals surface area contributed by atoms with Gasteiger partial charge >= 0.3 is 5.97 Å². The Balaban J connectivity index is 1.92. The van der Waals surface area contributed by atoms with Crippen molar-refractivity contribution < 1.29 is 13.9 Å². The van der Waals surface area contributed by atoms with Crippen molar-refractivity contribution in [1.29, 1.82) is 0 Å². The average Bonchev–Trinajstić information content (AvgIpc) is 2.89. The summed E-state index contributed by atoms with van der Waals surface area (Å²) in [7, 11) is 1.33. The molecular formula is C13H15FN4O2. The molecule has 1 atom stereocenters. The summed E-state index contributed by atoms with van der Waals surface area (Å²) in [6.45, 7) is 1.07. The summed E-state index contributed by atoms with van der Waals surface area (Å²) in [5, 5.41) is 4.31. The molecule has 3 rings (SSSR count). The highest BCUT2D eigenvalue weighted by Gasteiger charge is 2.22. The molecule has 1 fully saturated rings. The van der Waals surface area contributed by atoms with E-state index in [9.17, 15) is 9.18 Å². The lowest BCUT2D eigenvalue weighted by atomic mass is 10.1. The topological polar surface area (TPSA) is 59.7 Å². The summed E-state index contributed by atoms with van der Waals surface area (Å²) in [5.41, 5.74) is 1.02. The predicted molar refractivity (Wildman–Crippen MR) is 70.7 cm³/mol. The van der Waals surface area contributed by atoms with E-state index in [-0.39, 0.29) is 0 Å². The van der Waals surface area contributed by atoms with Crippen LogP contribution in [0, 0.1) is 0 Å². The van der Waals surface area contributed by atoms with Gasteiger partial charge in [-0.05, 0) is 25.0 Å². The molecule has 2 aromatic heterocycles. The number of carbonyl (C=O) groups excluding carboxylic acids is 1. The summed E-state index contributed by atoms with van der Waals surface area (Å²) in [6.07, 6.45) is 2.12. The number of hydrogen-bond donors (Lipinski definition) is 0. The second kappa shape index (κ2) is 5.07. The maximum Gasteiger partial charge on any atom is 0.339 e. The normalized spacial score (nSPS) is 19.3. The first-order valence-electron chi connectivity index (χ1n) is 6.51. The lowest BCUT2D eigenvalue weighted by molar-refractivity contribution is 0.0600. The van der Waals surface area contributed by atoms with E-state index >= 15 is 0 Å². The molecule has 106 valence electrons. The quantitative estimate of drug-likeness (QED) is 0.778. The van der Waals surface area contributed by atoms with Crippen LogP contribution in [0.3, 0.4) is 0 Å². The van der Waals surface area contributed by atoms with Crippen molar-refractivity contribution in [2.75, 3.05) is 25.1 Å². The molecule has 0 saturated carbocycles. The van der Waals surface area contributed by atoms with Crippen LogP contribution in [0.1, 0.15) is 23.2 Å². The van der Waals surface area contributed by atoms with Crippen LogP contribution in [0.5, 0.6) is 0 Å². The third-order valence-corrected chi connectivity index (χ3v) is 3.39. The van der Waals surface area contributed by atoms with Crippen LogP contribution in [-0.4, -0.2) is 46.9 Å². The fourth-order valence-electron chi connectivity index (χ4n) is 2.35. The number of esters is 1. The van der Waals surface area contributed by atoms with Gasteiger partial charge in [0, 0.05) is 12.7 Å². The van der Waals surface area contributed by atoms with Crippen LogP contribution in [0.4, 0.5) is 10.3 Å². The van der Waals surface area contributed by atoms with Crippen LogP contribution in [0.2, 0.25) is 0 Å². The van der Waals surface area contributed by atoms with E-state index < -0.39 is 12.1 Å². The van der Waals surface area contributed by atoms with Crippen LogP contribution in [0.15, 0.2) is 18.3 Å². The van der Waals surface area contributed by atoms with Gasteiger partial charge in [-0.1, -0.05) is 0 Å². The molecule has 6 nitrogen and oxygen atoms in total. The summed E-state index contributed by atoms with van der Waals surface area (Å²) < 4.78 is 19.6. The minimum atomic E-state index is -0.832. The molecule has 0 aliphatic carbocycles. The molecule has 0 bridgehead atoms. The number of carbonyl (C=O) groups is 1. The molecule has 0 N–H and O–H groups in total. The van der Waals surface area contributed by atoms with Crippen molar-refractivity contribution in [1.82, 2.24) is 14.6 Å². The fraction of sp³-hybridized carbons (Fsp3) is 0.462. The minimum absolute atomic E-state index is 0.320. The number of fused-ring (bicyclic) bond motifs is 1. The number of rotatable bonds is 2. The number of nitrogens with zero attached hydrogens (tertiary/aromatic N) is 4. The molecule has 2 aromatic rings. The number of piperidine rings is 1. The number of halogens is 1. The first kappa shape index (κ1) is 12.8. The molecular weight excluding hydrogens is 263 g/mol. The van der Waals surface area contributed by atoms with Gasteiger partial charge in [0.2, 0.25) is 5.95 Å². The van der Waals surface area contributed by atoms with E-state index in [4.69, 9.17) is 0 Å². The van der Waals surface area contributed by atoms with E-state index in [1.165, 1.54) is 11.6 Å². The van der Waals surface area contributed by atoms with E-state index in [0.29, 0.717) is 30.1 Å². The molecule has 0 spiro atoms. The van der Waals surface area contributed by atoms with E-state index in [0.717, 1.165) is 13.0 Å². The van der Waals surface area contributed by atoms with Gasteiger partial charge in [0.25, 0.3) is 0 Å². The molecule has 0 amide bonds.